The monoisotopic (exact) mass is 280 g/mol. The summed E-state index contributed by atoms with van der Waals surface area (Å²) in [6, 6.07) is -1.01. The molecule has 6 nitrogen and oxygen atoms in total. The highest BCUT2D eigenvalue weighted by atomic mass is 16.4. The Morgan fingerprint density at radius 1 is 1.20 bits per heavy atom. The van der Waals surface area contributed by atoms with E-state index in [4.69, 9.17) is 10.8 Å². The zero-order chi connectivity index (χ0) is 14.4. The standard InChI is InChI=1S/C14H20N2O4/c15-9(17)4-3-8(14(19)20)16-13(18)12-10-6-1-2-7(5-6)11(10)12/h6-8,10-12H,1-5H2,(H2,15,17)(H,16,18)(H,19,20). The molecule has 0 spiro atoms. The third-order valence-corrected chi connectivity index (χ3v) is 5.33. The van der Waals surface area contributed by atoms with Crippen LogP contribution in [0.3, 0.4) is 0 Å². The normalized spacial score (nSPS) is 38.1. The third-order valence-electron chi connectivity index (χ3n) is 5.33. The van der Waals surface area contributed by atoms with Gasteiger partial charge in [0.05, 0.1) is 0 Å². The van der Waals surface area contributed by atoms with Gasteiger partial charge in [-0.15, -0.1) is 0 Å². The first-order chi connectivity index (χ1) is 9.49. The number of carbonyl (C=O) groups excluding carboxylic acids is 2. The van der Waals surface area contributed by atoms with Crippen molar-refractivity contribution in [2.24, 2.45) is 35.3 Å². The van der Waals surface area contributed by atoms with Crippen LogP contribution in [0.15, 0.2) is 0 Å². The number of rotatable bonds is 6. The predicted molar refractivity (Wildman–Crippen MR) is 69.3 cm³/mol. The number of amides is 2. The molecule has 110 valence electrons. The summed E-state index contributed by atoms with van der Waals surface area (Å²) >= 11 is 0. The second-order valence-corrected chi connectivity index (χ2v) is 6.42. The smallest absolute Gasteiger partial charge is 0.326 e. The number of aliphatic carboxylic acids is 1. The summed E-state index contributed by atoms with van der Waals surface area (Å²) in [5.74, 6) is 0.535. The van der Waals surface area contributed by atoms with Crippen LogP contribution in [0, 0.1) is 29.6 Å². The van der Waals surface area contributed by atoms with Crippen LogP contribution in [0.2, 0.25) is 0 Å². The van der Waals surface area contributed by atoms with Crippen molar-refractivity contribution in [3.05, 3.63) is 0 Å². The van der Waals surface area contributed by atoms with Gasteiger partial charge in [0, 0.05) is 12.3 Å². The number of nitrogens with one attached hydrogen (secondary N) is 1. The average Bonchev–Trinajstić information content (AvgIpc) is 2.82. The molecule has 5 atom stereocenters. The van der Waals surface area contributed by atoms with Gasteiger partial charge >= 0.3 is 5.97 Å². The fraction of sp³-hybridized carbons (Fsp3) is 0.786. The highest BCUT2D eigenvalue weighted by molar-refractivity contribution is 5.87. The second-order valence-electron chi connectivity index (χ2n) is 6.42. The minimum atomic E-state index is -1.10. The summed E-state index contributed by atoms with van der Waals surface area (Å²) in [4.78, 5) is 34.0. The summed E-state index contributed by atoms with van der Waals surface area (Å²) in [6.07, 6.45) is 3.73. The highest BCUT2D eigenvalue weighted by Crippen LogP contribution is 2.69. The summed E-state index contributed by atoms with van der Waals surface area (Å²) in [5, 5.41) is 11.7. The third kappa shape index (κ3) is 2.17. The minimum Gasteiger partial charge on any atom is -0.480 e. The second kappa shape index (κ2) is 4.75. The fourth-order valence-electron chi connectivity index (χ4n) is 4.49. The fourth-order valence-corrected chi connectivity index (χ4v) is 4.49. The van der Waals surface area contributed by atoms with Crippen LogP contribution in [0.5, 0.6) is 0 Å². The summed E-state index contributed by atoms with van der Waals surface area (Å²) in [5.41, 5.74) is 5.02. The number of hydrogen-bond donors (Lipinski definition) is 3. The van der Waals surface area contributed by atoms with Crippen LogP contribution in [0.4, 0.5) is 0 Å². The molecule has 2 amide bonds. The molecule has 0 aromatic carbocycles. The lowest BCUT2D eigenvalue weighted by molar-refractivity contribution is -0.142. The van der Waals surface area contributed by atoms with Gasteiger partial charge in [-0.2, -0.15) is 0 Å². The molecule has 0 radical (unpaired) electrons. The Morgan fingerprint density at radius 3 is 2.30 bits per heavy atom. The van der Waals surface area contributed by atoms with Crippen molar-refractivity contribution in [3.63, 3.8) is 0 Å². The van der Waals surface area contributed by atoms with Crippen LogP contribution in [-0.2, 0) is 14.4 Å². The Balaban J connectivity index is 1.55. The molecule has 3 aliphatic rings. The molecule has 3 aliphatic carbocycles. The summed E-state index contributed by atoms with van der Waals surface area (Å²) in [6.45, 7) is 0. The quantitative estimate of drug-likeness (QED) is 0.641. The number of nitrogens with two attached hydrogens (primary N) is 1. The first-order valence-corrected chi connectivity index (χ1v) is 7.30. The number of carbonyl (C=O) groups is 3. The zero-order valence-electron chi connectivity index (χ0n) is 11.2. The lowest BCUT2D eigenvalue weighted by Gasteiger charge is -2.15. The predicted octanol–water partition coefficient (Wildman–Crippen LogP) is 0.113. The number of carboxylic acids is 1. The first-order valence-electron chi connectivity index (χ1n) is 7.30. The highest BCUT2D eigenvalue weighted by Gasteiger charge is 2.67. The van der Waals surface area contributed by atoms with Crippen LogP contribution in [-0.4, -0.2) is 28.9 Å². The van der Waals surface area contributed by atoms with Crippen molar-refractivity contribution >= 4 is 17.8 Å². The molecule has 3 rings (SSSR count). The topological polar surface area (TPSA) is 109 Å². The minimum absolute atomic E-state index is 0.0108. The molecule has 3 fully saturated rings. The molecule has 2 bridgehead atoms. The maximum absolute atomic E-state index is 12.2. The van der Waals surface area contributed by atoms with E-state index in [1.165, 1.54) is 19.3 Å². The molecule has 0 aromatic heterocycles. The van der Waals surface area contributed by atoms with Crippen LogP contribution < -0.4 is 11.1 Å². The van der Waals surface area contributed by atoms with Crippen molar-refractivity contribution in [2.45, 2.75) is 38.1 Å². The van der Waals surface area contributed by atoms with Crippen LogP contribution in [0.25, 0.3) is 0 Å². The average molecular weight is 280 g/mol. The molecule has 20 heavy (non-hydrogen) atoms. The van der Waals surface area contributed by atoms with E-state index >= 15 is 0 Å². The molecule has 6 heteroatoms. The Hall–Kier alpha value is -1.59. The van der Waals surface area contributed by atoms with Crippen molar-refractivity contribution in [1.82, 2.24) is 5.32 Å². The lowest BCUT2D eigenvalue weighted by Crippen LogP contribution is -2.42. The van der Waals surface area contributed by atoms with E-state index in [2.05, 4.69) is 5.32 Å². The molecule has 3 saturated carbocycles. The maximum Gasteiger partial charge on any atom is 0.326 e. The molecular formula is C14H20N2O4. The van der Waals surface area contributed by atoms with E-state index in [9.17, 15) is 14.4 Å². The number of hydrogen-bond acceptors (Lipinski definition) is 3. The molecule has 0 aromatic rings. The van der Waals surface area contributed by atoms with Gasteiger partial charge in [-0.05, 0) is 49.4 Å². The van der Waals surface area contributed by atoms with Crippen molar-refractivity contribution in [1.29, 1.82) is 0 Å². The van der Waals surface area contributed by atoms with Gasteiger partial charge in [0.1, 0.15) is 6.04 Å². The first kappa shape index (κ1) is 13.4. The van der Waals surface area contributed by atoms with E-state index < -0.39 is 17.9 Å². The Kier molecular flexibility index (Phi) is 3.18. The molecule has 4 N–H and O–H groups in total. The van der Waals surface area contributed by atoms with Gasteiger partial charge in [-0.25, -0.2) is 4.79 Å². The largest absolute Gasteiger partial charge is 0.480 e. The van der Waals surface area contributed by atoms with Crippen molar-refractivity contribution < 1.29 is 19.5 Å². The van der Waals surface area contributed by atoms with E-state index in [-0.39, 0.29) is 24.7 Å². The Labute approximate surface area is 117 Å². The number of fused-ring (bicyclic) bond motifs is 5. The Bertz CT molecular complexity index is 448. The zero-order valence-corrected chi connectivity index (χ0v) is 11.2. The van der Waals surface area contributed by atoms with Gasteiger partial charge in [0.2, 0.25) is 11.8 Å². The lowest BCUT2D eigenvalue weighted by atomic mass is 10.0. The van der Waals surface area contributed by atoms with Crippen LogP contribution in [0.1, 0.15) is 32.1 Å². The maximum atomic E-state index is 12.2. The van der Waals surface area contributed by atoms with Gasteiger partial charge in [-0.3, -0.25) is 9.59 Å². The van der Waals surface area contributed by atoms with Gasteiger partial charge in [0.15, 0.2) is 0 Å². The number of carboxylic acid groups (broad SMARTS) is 1. The SMILES string of the molecule is NC(=O)CCC(NC(=O)C1C2C3CCC(C3)C12)C(=O)O. The van der Waals surface area contributed by atoms with Crippen molar-refractivity contribution in [3.8, 4) is 0 Å². The van der Waals surface area contributed by atoms with E-state index in [1.54, 1.807) is 0 Å². The van der Waals surface area contributed by atoms with E-state index in [0.29, 0.717) is 23.7 Å². The van der Waals surface area contributed by atoms with E-state index in [1.807, 2.05) is 0 Å². The van der Waals surface area contributed by atoms with Gasteiger partial charge < -0.3 is 16.2 Å². The molecule has 0 aliphatic heterocycles. The molecule has 0 saturated heterocycles. The van der Waals surface area contributed by atoms with E-state index in [0.717, 1.165) is 0 Å². The summed E-state index contributed by atoms with van der Waals surface area (Å²) in [7, 11) is 0. The van der Waals surface area contributed by atoms with Crippen LogP contribution >= 0.6 is 0 Å². The molecule has 5 unspecified atom stereocenters. The number of primary amides is 1. The molecular weight excluding hydrogens is 260 g/mol. The molecule has 0 heterocycles. The van der Waals surface area contributed by atoms with Gasteiger partial charge in [-0.1, -0.05) is 0 Å². The van der Waals surface area contributed by atoms with Gasteiger partial charge in [0.25, 0.3) is 0 Å². The van der Waals surface area contributed by atoms with Crippen molar-refractivity contribution in [2.75, 3.05) is 0 Å². The Morgan fingerprint density at radius 2 is 1.80 bits per heavy atom. The summed E-state index contributed by atoms with van der Waals surface area (Å²) < 4.78 is 0.